The summed E-state index contributed by atoms with van der Waals surface area (Å²) in [6.07, 6.45) is 4.11. The minimum Gasteiger partial charge on any atom is -0.461 e. The summed E-state index contributed by atoms with van der Waals surface area (Å²) in [5.41, 5.74) is 0. The van der Waals surface area contributed by atoms with Gasteiger partial charge < -0.3 is 9.84 Å². The summed E-state index contributed by atoms with van der Waals surface area (Å²) in [7, 11) is -3.97. The van der Waals surface area contributed by atoms with Crippen LogP contribution < -0.4 is 0 Å². The smallest absolute Gasteiger partial charge is 0.328 e. The number of aliphatic hydroxyl groups excluding tert-OH is 1. The predicted molar refractivity (Wildman–Crippen MR) is 100 cm³/mol. The average Bonchev–Trinajstić information content (AvgIpc) is 2.90. The number of aliphatic hydroxyl groups is 1. The van der Waals surface area contributed by atoms with Crippen LogP contribution in [0.1, 0.15) is 45.4 Å². The summed E-state index contributed by atoms with van der Waals surface area (Å²) in [5.74, 6) is -1.24. The highest BCUT2D eigenvalue weighted by Crippen LogP contribution is 2.47. The zero-order valence-corrected chi connectivity index (χ0v) is 16.1. The van der Waals surface area contributed by atoms with Crippen LogP contribution in [-0.2, 0) is 19.4 Å². The highest BCUT2D eigenvalue weighted by molar-refractivity contribution is 7.93. The van der Waals surface area contributed by atoms with Crippen molar-refractivity contribution in [3.05, 3.63) is 43.0 Å². The van der Waals surface area contributed by atoms with E-state index in [0.29, 0.717) is 19.3 Å². The lowest BCUT2D eigenvalue weighted by Gasteiger charge is -2.32. The van der Waals surface area contributed by atoms with E-state index in [1.807, 2.05) is 6.92 Å². The van der Waals surface area contributed by atoms with Gasteiger partial charge in [0, 0.05) is 12.5 Å². The molecule has 0 amide bonds. The number of esters is 1. The number of hydrogen-bond donors (Lipinski definition) is 1. The maximum atomic E-state index is 13.6. The quantitative estimate of drug-likeness (QED) is 0.383. The summed E-state index contributed by atoms with van der Waals surface area (Å²) in [6.45, 7) is 5.46. The summed E-state index contributed by atoms with van der Waals surface area (Å²) in [6, 6.07) is 8.06. The number of ether oxygens (including phenoxy) is 1. The Hall–Kier alpha value is -1.66. The number of sulfone groups is 1. The fourth-order valence-corrected chi connectivity index (χ4v) is 6.21. The van der Waals surface area contributed by atoms with E-state index in [1.165, 1.54) is 12.1 Å². The Labute approximate surface area is 156 Å². The maximum Gasteiger partial charge on any atom is 0.328 e. The first-order valence-electron chi connectivity index (χ1n) is 9.18. The Kier molecular flexibility index (Phi) is 7.01. The van der Waals surface area contributed by atoms with Crippen molar-refractivity contribution >= 4 is 15.8 Å². The van der Waals surface area contributed by atoms with Gasteiger partial charge in [-0.1, -0.05) is 37.6 Å². The molecule has 0 aliphatic carbocycles. The van der Waals surface area contributed by atoms with E-state index < -0.39 is 32.6 Å². The number of carbonyl (C=O) groups excluding carboxylic acids is 1. The van der Waals surface area contributed by atoms with Gasteiger partial charge in [-0.2, -0.15) is 0 Å². The lowest BCUT2D eigenvalue weighted by molar-refractivity contribution is -0.143. The van der Waals surface area contributed by atoms with Crippen molar-refractivity contribution in [1.29, 1.82) is 0 Å². The van der Waals surface area contributed by atoms with Gasteiger partial charge in [-0.3, -0.25) is 4.79 Å². The maximum absolute atomic E-state index is 13.6. The van der Waals surface area contributed by atoms with Crippen molar-refractivity contribution in [1.82, 2.24) is 0 Å². The number of hydrogen-bond acceptors (Lipinski definition) is 5. The molecule has 0 aromatic heterocycles. The monoisotopic (exact) mass is 380 g/mol. The van der Waals surface area contributed by atoms with Crippen molar-refractivity contribution in [3.63, 3.8) is 0 Å². The molecule has 1 aliphatic rings. The van der Waals surface area contributed by atoms with E-state index in [9.17, 15) is 18.3 Å². The standard InChI is InChI=1S/C20H28O5S/c1-3-5-9-14-20(26(23,24)16-11-7-6-8-12-16)17(13-15-21)18(10-4-2)25-19(20)22/h3,6-8,11-12,17-18,21H,1,4-5,9-10,13-15H2,2H3/t17-,18-,20+/m1/s1. The molecule has 1 aromatic carbocycles. The fourth-order valence-electron chi connectivity index (χ4n) is 3.92. The van der Waals surface area contributed by atoms with Crippen LogP contribution in [0, 0.1) is 5.92 Å². The first kappa shape index (κ1) is 20.6. The molecule has 1 aromatic rings. The summed E-state index contributed by atoms with van der Waals surface area (Å²) < 4.78 is 31.1. The molecule has 0 unspecified atom stereocenters. The second-order valence-electron chi connectivity index (χ2n) is 6.74. The molecule has 1 aliphatic heterocycles. The molecule has 0 bridgehead atoms. The van der Waals surface area contributed by atoms with Crippen molar-refractivity contribution in [2.24, 2.45) is 5.92 Å². The van der Waals surface area contributed by atoms with E-state index >= 15 is 0 Å². The number of allylic oxidation sites excluding steroid dienone is 1. The summed E-state index contributed by atoms with van der Waals surface area (Å²) in [4.78, 5) is 13.1. The van der Waals surface area contributed by atoms with Gasteiger partial charge in [0.1, 0.15) is 6.10 Å². The largest absolute Gasteiger partial charge is 0.461 e. The minimum atomic E-state index is -3.97. The van der Waals surface area contributed by atoms with Crippen LogP contribution in [0.5, 0.6) is 0 Å². The highest BCUT2D eigenvalue weighted by Gasteiger charge is 2.64. The van der Waals surface area contributed by atoms with Gasteiger partial charge in [0.05, 0.1) is 4.90 Å². The highest BCUT2D eigenvalue weighted by atomic mass is 32.2. The van der Waals surface area contributed by atoms with Gasteiger partial charge in [-0.15, -0.1) is 6.58 Å². The van der Waals surface area contributed by atoms with Crippen LogP contribution in [0.4, 0.5) is 0 Å². The van der Waals surface area contributed by atoms with Crippen LogP contribution in [0.25, 0.3) is 0 Å². The van der Waals surface area contributed by atoms with Crippen LogP contribution in [0.15, 0.2) is 47.9 Å². The van der Waals surface area contributed by atoms with Crippen molar-refractivity contribution in [2.45, 2.75) is 61.2 Å². The molecule has 6 heteroatoms. The first-order valence-corrected chi connectivity index (χ1v) is 10.7. The molecule has 1 fully saturated rings. The fraction of sp³-hybridized carbons (Fsp3) is 0.550. The Morgan fingerprint density at radius 1 is 1.27 bits per heavy atom. The van der Waals surface area contributed by atoms with Gasteiger partial charge in [-0.05, 0) is 44.2 Å². The van der Waals surface area contributed by atoms with E-state index in [-0.39, 0.29) is 24.3 Å². The molecule has 2 rings (SSSR count). The van der Waals surface area contributed by atoms with Crippen LogP contribution in [0.2, 0.25) is 0 Å². The van der Waals surface area contributed by atoms with Gasteiger partial charge in [0.2, 0.25) is 0 Å². The van der Waals surface area contributed by atoms with Gasteiger partial charge >= 0.3 is 5.97 Å². The number of carbonyl (C=O) groups is 1. The van der Waals surface area contributed by atoms with Gasteiger partial charge in [-0.25, -0.2) is 8.42 Å². The normalized spacial score (nSPS) is 25.8. The lowest BCUT2D eigenvalue weighted by Crippen LogP contribution is -2.49. The Bertz CT molecular complexity index is 713. The zero-order valence-electron chi connectivity index (χ0n) is 15.3. The Balaban J connectivity index is 2.59. The molecule has 144 valence electrons. The Morgan fingerprint density at radius 2 is 1.96 bits per heavy atom. The lowest BCUT2D eigenvalue weighted by atomic mass is 9.82. The van der Waals surface area contributed by atoms with Crippen LogP contribution in [-0.4, -0.2) is 37.0 Å². The van der Waals surface area contributed by atoms with Crippen LogP contribution in [0.3, 0.4) is 0 Å². The average molecular weight is 381 g/mol. The molecular weight excluding hydrogens is 352 g/mol. The number of cyclic esters (lactones) is 1. The summed E-state index contributed by atoms with van der Waals surface area (Å²) in [5, 5.41) is 9.56. The minimum absolute atomic E-state index is 0.121. The van der Waals surface area contributed by atoms with E-state index in [4.69, 9.17) is 4.74 Å². The molecule has 0 saturated carbocycles. The second-order valence-corrected chi connectivity index (χ2v) is 8.94. The second kappa shape index (κ2) is 8.82. The number of rotatable bonds is 10. The SMILES string of the molecule is C=CCCC[C@@]1(S(=O)(=O)c2ccccc2)C(=O)O[C@H](CCC)[C@H]1CCO. The summed E-state index contributed by atoms with van der Waals surface area (Å²) >= 11 is 0. The van der Waals surface area contributed by atoms with E-state index in [1.54, 1.807) is 24.3 Å². The van der Waals surface area contributed by atoms with E-state index in [0.717, 1.165) is 6.42 Å². The number of benzene rings is 1. The zero-order chi connectivity index (χ0) is 19.2. The topological polar surface area (TPSA) is 80.7 Å². The first-order chi connectivity index (χ1) is 12.5. The molecule has 26 heavy (non-hydrogen) atoms. The van der Waals surface area contributed by atoms with Gasteiger partial charge in [0.15, 0.2) is 14.6 Å². The third kappa shape index (κ3) is 3.58. The third-order valence-corrected chi connectivity index (χ3v) is 7.68. The molecule has 0 radical (unpaired) electrons. The van der Waals surface area contributed by atoms with Crippen molar-refractivity contribution < 1.29 is 23.1 Å². The Morgan fingerprint density at radius 3 is 2.54 bits per heavy atom. The van der Waals surface area contributed by atoms with Crippen LogP contribution >= 0.6 is 0 Å². The number of unbranched alkanes of at least 4 members (excludes halogenated alkanes) is 1. The molecule has 5 nitrogen and oxygen atoms in total. The molecule has 0 spiro atoms. The molecule has 1 saturated heterocycles. The third-order valence-electron chi connectivity index (χ3n) is 5.15. The predicted octanol–water partition coefficient (Wildman–Crippen LogP) is 3.28. The van der Waals surface area contributed by atoms with Crippen molar-refractivity contribution in [2.75, 3.05) is 6.61 Å². The van der Waals surface area contributed by atoms with Crippen molar-refractivity contribution in [3.8, 4) is 0 Å². The van der Waals surface area contributed by atoms with E-state index in [2.05, 4.69) is 6.58 Å². The molecular formula is C20H28O5S. The molecule has 1 heterocycles. The van der Waals surface area contributed by atoms with Gasteiger partial charge in [0.25, 0.3) is 0 Å². The molecule has 1 N–H and O–H groups in total. The molecule has 3 atom stereocenters.